The lowest BCUT2D eigenvalue weighted by atomic mass is 10.1. The van der Waals surface area contributed by atoms with Crippen LogP contribution in [0.1, 0.15) is 50.8 Å². The summed E-state index contributed by atoms with van der Waals surface area (Å²) in [5.41, 5.74) is 5.54. The zero-order chi connectivity index (χ0) is 48.4. The van der Waals surface area contributed by atoms with Crippen molar-refractivity contribution in [3.05, 3.63) is 202 Å². The lowest BCUT2D eigenvalue weighted by molar-refractivity contribution is -0.136. The molecule has 0 N–H and O–H groups in total. The first kappa shape index (κ1) is 66.8. The number of esters is 3. The molecule has 0 amide bonds. The maximum absolute atomic E-state index is 10.4. The van der Waals surface area contributed by atoms with Crippen molar-refractivity contribution in [1.29, 1.82) is 0 Å². The van der Waals surface area contributed by atoms with Gasteiger partial charge in [-0.05, 0) is 56.2 Å². The van der Waals surface area contributed by atoms with E-state index in [-0.39, 0.29) is 11.9 Å². The van der Waals surface area contributed by atoms with Gasteiger partial charge in [0.2, 0.25) is 0 Å². The van der Waals surface area contributed by atoms with Crippen LogP contribution in [0.15, 0.2) is 185 Å². The fourth-order valence-corrected chi connectivity index (χ4v) is 3.12. The second-order valence-corrected chi connectivity index (χ2v) is 12.5. The quantitative estimate of drug-likeness (QED) is 0.0609. The van der Waals surface area contributed by atoms with Crippen molar-refractivity contribution in [1.82, 2.24) is 0 Å². The van der Waals surface area contributed by atoms with Gasteiger partial charge in [0.15, 0.2) is 0 Å². The van der Waals surface area contributed by atoms with Crippen LogP contribution in [-0.4, -0.2) is 66.0 Å². The minimum Gasteiger partial charge on any atom is -0.505 e. The Morgan fingerprint density at radius 2 is 0.967 bits per heavy atom. The second kappa shape index (κ2) is 52.0. The van der Waals surface area contributed by atoms with Crippen LogP contribution in [0.4, 0.5) is 0 Å². The number of allylic oxidation sites excluding steroid dienone is 2. The molecule has 0 radical (unpaired) electrons. The summed E-state index contributed by atoms with van der Waals surface area (Å²) in [6.07, 6.45) is 8.91. The van der Waals surface area contributed by atoms with Gasteiger partial charge in [0.25, 0.3) is 0 Å². The molecule has 0 aromatic heterocycles. The summed E-state index contributed by atoms with van der Waals surface area (Å²) in [7, 11) is 7.17. The van der Waals surface area contributed by atoms with E-state index < -0.39 is 5.97 Å². The lowest BCUT2D eigenvalue weighted by Gasteiger charge is -2.01. The Hall–Kier alpha value is -5.97. The number of methoxy groups -OCH3 is 5. The zero-order valence-electron chi connectivity index (χ0n) is 38.6. The topological polar surface area (TPSA) is 97.4 Å². The predicted molar refractivity (Wildman–Crippen MR) is 270 cm³/mol. The molecular formula is C51H72O8S2. The van der Waals surface area contributed by atoms with Gasteiger partial charge in [-0.25, -0.2) is 14.4 Å². The van der Waals surface area contributed by atoms with Gasteiger partial charge in [-0.1, -0.05) is 162 Å². The van der Waals surface area contributed by atoms with Gasteiger partial charge in [-0.2, -0.15) is 0 Å². The Bertz CT molecular complexity index is 1580. The Morgan fingerprint density at radius 3 is 1.13 bits per heavy atom. The molecule has 0 spiro atoms. The summed E-state index contributed by atoms with van der Waals surface area (Å²) in [5.74, 6) is -0.344. The molecule has 0 aliphatic carbocycles. The molecule has 0 bridgehead atoms. The van der Waals surface area contributed by atoms with Crippen LogP contribution in [0.25, 0.3) is 16.2 Å². The van der Waals surface area contributed by atoms with E-state index in [0.29, 0.717) is 23.3 Å². The molecule has 0 heterocycles. The number of ether oxygens (including phenoxy) is 5. The number of thioether (sulfide) groups is 2. The number of carbonyl (C=O) groups excluding carboxylic acids is 3. The third kappa shape index (κ3) is 50.1. The monoisotopic (exact) mass is 876 g/mol. The minimum absolute atomic E-state index is 0.312. The summed E-state index contributed by atoms with van der Waals surface area (Å²) in [6.45, 7) is 38.9. The average Bonchev–Trinajstić information content (AvgIpc) is 3.31. The molecule has 0 saturated carbocycles. The third-order valence-electron chi connectivity index (χ3n) is 6.09. The van der Waals surface area contributed by atoms with E-state index in [9.17, 15) is 14.4 Å². The highest BCUT2D eigenvalue weighted by Crippen LogP contribution is 2.21. The van der Waals surface area contributed by atoms with Gasteiger partial charge in [0, 0.05) is 27.7 Å². The van der Waals surface area contributed by atoms with Crippen LogP contribution in [0.2, 0.25) is 0 Å². The smallest absolute Gasteiger partial charge is 0.333 e. The van der Waals surface area contributed by atoms with Gasteiger partial charge in [0.1, 0.15) is 5.76 Å². The van der Waals surface area contributed by atoms with Gasteiger partial charge >= 0.3 is 17.9 Å². The third-order valence-corrected chi connectivity index (χ3v) is 7.15. The van der Waals surface area contributed by atoms with Crippen molar-refractivity contribution in [3.63, 3.8) is 0 Å². The van der Waals surface area contributed by atoms with E-state index in [0.717, 1.165) is 22.1 Å². The van der Waals surface area contributed by atoms with Crippen molar-refractivity contribution in [2.45, 2.75) is 34.1 Å². The van der Waals surface area contributed by atoms with E-state index in [4.69, 9.17) is 4.74 Å². The number of hydrogen-bond donors (Lipinski definition) is 0. The van der Waals surface area contributed by atoms with Crippen molar-refractivity contribution in [2.24, 2.45) is 0 Å². The molecule has 0 fully saturated rings. The maximum Gasteiger partial charge on any atom is 0.333 e. The van der Waals surface area contributed by atoms with E-state index >= 15 is 0 Å². The molecule has 10 heteroatoms. The Morgan fingerprint density at radius 1 is 0.607 bits per heavy atom. The average molecular weight is 877 g/mol. The highest BCUT2D eigenvalue weighted by atomic mass is 32.2. The van der Waals surface area contributed by atoms with Crippen LogP contribution in [0.5, 0.6) is 0 Å². The van der Waals surface area contributed by atoms with E-state index in [1.807, 2.05) is 100 Å². The molecule has 336 valence electrons. The molecule has 3 aromatic carbocycles. The fourth-order valence-electron chi connectivity index (χ4n) is 2.75. The molecule has 8 nitrogen and oxygen atoms in total. The van der Waals surface area contributed by atoms with E-state index in [1.165, 1.54) is 38.7 Å². The summed E-state index contributed by atoms with van der Waals surface area (Å²) in [6, 6.07) is 30.2. The van der Waals surface area contributed by atoms with Crippen LogP contribution < -0.4 is 0 Å². The maximum atomic E-state index is 10.4. The number of rotatable bonds is 11. The first-order valence-corrected chi connectivity index (χ1v) is 20.8. The number of carbonyl (C=O) groups is 3. The van der Waals surface area contributed by atoms with Gasteiger partial charge in [0.05, 0.1) is 41.8 Å². The highest BCUT2D eigenvalue weighted by molar-refractivity contribution is 8.07. The molecular weight excluding hydrogens is 805 g/mol. The van der Waals surface area contributed by atoms with Crippen LogP contribution >= 0.6 is 23.5 Å². The first-order chi connectivity index (χ1) is 28.9. The van der Waals surface area contributed by atoms with Crippen molar-refractivity contribution in [2.75, 3.05) is 48.1 Å². The van der Waals surface area contributed by atoms with Crippen molar-refractivity contribution < 1.29 is 38.1 Å². The van der Waals surface area contributed by atoms with Crippen molar-refractivity contribution >= 4 is 57.7 Å². The van der Waals surface area contributed by atoms with Gasteiger partial charge in [-0.15, -0.1) is 30.1 Å². The van der Waals surface area contributed by atoms with Crippen LogP contribution in [0, 0.1) is 0 Å². The molecule has 0 aliphatic rings. The normalized spacial score (nSPS) is 7.92. The molecule has 0 aliphatic heterocycles. The molecule has 3 aromatic rings. The van der Waals surface area contributed by atoms with Crippen LogP contribution in [0.3, 0.4) is 0 Å². The zero-order valence-corrected chi connectivity index (χ0v) is 40.3. The summed E-state index contributed by atoms with van der Waals surface area (Å²) >= 11 is 3.30. The summed E-state index contributed by atoms with van der Waals surface area (Å²) in [4.78, 5) is 31.6. The molecule has 0 atom stereocenters. The summed E-state index contributed by atoms with van der Waals surface area (Å²) in [5, 5.41) is 1.79. The molecule has 61 heavy (non-hydrogen) atoms. The lowest BCUT2D eigenvalue weighted by Crippen LogP contribution is -2.01. The Kier molecular flexibility index (Phi) is 57.0. The number of benzene rings is 3. The Balaban J connectivity index is -0.000000143. The highest BCUT2D eigenvalue weighted by Gasteiger charge is 2.00. The molecule has 0 saturated heterocycles. The van der Waals surface area contributed by atoms with Crippen molar-refractivity contribution in [3.8, 4) is 0 Å². The van der Waals surface area contributed by atoms with E-state index in [2.05, 4.69) is 102 Å². The minimum atomic E-state index is -0.394. The first-order valence-electron chi connectivity index (χ1n) is 18.3. The fraction of sp³-hybridized carbons (Fsp3) is 0.235. The molecule has 0 unspecified atom stereocenters. The largest absolute Gasteiger partial charge is 0.505 e. The molecule has 3 rings (SSSR count). The SMILES string of the molecule is C=C(C)C(=O)OC.C=C(C)c1ccccc1.C=C(CC)C(=O)OC.C=C(OC)c1ccccc1.C=C(SC)c1ccccc1.C=CC.C=CC(=O)OC.C=COC.C=CSC. The standard InChI is InChI=1S/C9H10O.C9H10S.C9H10.C6H10O2.C5H8O2.C4H6O2.C3H6O.C3H6S.C3H6/c2*1-8(10-2)9-6-4-3-5-7-9;1-8(2)9-6-4-3-5-7-9;1-4-5(2)6(7)8-3;1-4(2)5(6)7-3;1-3-4(5)6-2;2*1-3-4-2;1-3-2/h2*3-7H,1H2,2H3;3-7H,1H2,2H3;2,4H2,1,3H3;1H2,2-3H3;3H,1H2,2H3;2*3H,1H2,2H3;3H,1H2,2H3. The van der Waals surface area contributed by atoms with E-state index in [1.54, 1.807) is 56.2 Å². The van der Waals surface area contributed by atoms with Gasteiger partial charge in [-0.3, -0.25) is 0 Å². The predicted octanol–water partition coefficient (Wildman–Crippen LogP) is 13.7. The van der Waals surface area contributed by atoms with Crippen LogP contribution in [-0.2, 0) is 38.1 Å². The Labute approximate surface area is 378 Å². The second-order valence-electron chi connectivity index (χ2n) is 10.8. The van der Waals surface area contributed by atoms with Gasteiger partial charge < -0.3 is 23.7 Å². The number of hydrogen-bond acceptors (Lipinski definition) is 10. The summed E-state index contributed by atoms with van der Waals surface area (Å²) < 4.78 is 22.0.